The van der Waals surface area contributed by atoms with Gasteiger partial charge in [-0.2, -0.15) is 0 Å². The van der Waals surface area contributed by atoms with Crippen LogP contribution in [-0.4, -0.2) is 39.8 Å². The number of carboxylic acid groups (broad SMARTS) is 1. The second-order valence-corrected chi connectivity index (χ2v) is 2.11. The van der Waals surface area contributed by atoms with Crippen LogP contribution in [-0.2, 0) is 9.59 Å². The highest BCUT2D eigenvalue weighted by molar-refractivity contribution is 6.32. The van der Waals surface area contributed by atoms with Gasteiger partial charge in [-0.3, -0.25) is 4.79 Å². The lowest BCUT2D eigenvalue weighted by atomic mass is 10.3. The van der Waals surface area contributed by atoms with Gasteiger partial charge in [-0.15, -0.1) is 0 Å². The number of Topliss-reactive ketones (excluding diaryl/α,β-unsaturated/α-hetero) is 1. The van der Waals surface area contributed by atoms with E-state index in [0.717, 1.165) is 0 Å². The number of hydrogen-bond donors (Lipinski definition) is 3. The van der Waals surface area contributed by atoms with E-state index in [9.17, 15) is 9.59 Å². The molecule has 3 N–H and O–H groups in total. The Morgan fingerprint density at radius 2 is 1.75 bits per heavy atom. The first-order valence-corrected chi connectivity index (χ1v) is 3.50. The smallest absolute Gasteiger partial charge is 0.372 e. The molecular formula is C7H14O5. The topological polar surface area (TPSA) is 94.8 Å². The molecule has 72 valence electrons. The molecule has 0 amide bonds. The van der Waals surface area contributed by atoms with Crippen molar-refractivity contribution in [2.24, 2.45) is 0 Å². The van der Waals surface area contributed by atoms with E-state index < -0.39 is 17.9 Å². The standard InChI is InChI=1S/C4H6O3.C3H8O2/c1-2-3(5)4(6)7;1-3(5)2-4/h2H2,1H3,(H,6,7);3-5H,2H2,1H3. The van der Waals surface area contributed by atoms with E-state index in [1.807, 2.05) is 0 Å². The van der Waals surface area contributed by atoms with Crippen molar-refractivity contribution in [2.75, 3.05) is 6.61 Å². The Hall–Kier alpha value is -0.940. The average Bonchev–Trinajstić information content (AvgIpc) is 2.04. The van der Waals surface area contributed by atoms with Crippen LogP contribution in [0.3, 0.4) is 0 Å². The molecule has 0 aliphatic rings. The molecule has 0 aliphatic heterocycles. The van der Waals surface area contributed by atoms with Gasteiger partial charge in [0.15, 0.2) is 0 Å². The highest BCUT2D eigenvalue weighted by Crippen LogP contribution is 1.76. The summed E-state index contributed by atoms with van der Waals surface area (Å²) < 4.78 is 0. The van der Waals surface area contributed by atoms with Crippen LogP contribution in [0.25, 0.3) is 0 Å². The number of aliphatic hydroxyl groups is 2. The van der Waals surface area contributed by atoms with Crippen LogP contribution >= 0.6 is 0 Å². The zero-order valence-electron chi connectivity index (χ0n) is 7.15. The number of aliphatic hydroxyl groups excluding tert-OH is 2. The number of rotatable bonds is 3. The maximum atomic E-state index is 9.91. The van der Waals surface area contributed by atoms with E-state index in [0.29, 0.717) is 0 Å². The predicted octanol–water partition coefficient (Wildman–Crippen LogP) is -0.590. The number of carbonyl (C=O) groups excluding carboxylic acids is 1. The molecule has 0 rings (SSSR count). The second kappa shape index (κ2) is 8.16. The van der Waals surface area contributed by atoms with Crippen molar-refractivity contribution in [2.45, 2.75) is 26.4 Å². The van der Waals surface area contributed by atoms with Gasteiger partial charge in [-0.1, -0.05) is 6.92 Å². The lowest BCUT2D eigenvalue weighted by Gasteiger charge is -1.90. The molecule has 0 bridgehead atoms. The molecular weight excluding hydrogens is 164 g/mol. The lowest BCUT2D eigenvalue weighted by Crippen LogP contribution is -2.09. The molecule has 5 nitrogen and oxygen atoms in total. The zero-order chi connectivity index (χ0) is 10.1. The number of ketones is 1. The monoisotopic (exact) mass is 178 g/mol. The third kappa shape index (κ3) is 11.8. The van der Waals surface area contributed by atoms with E-state index in [2.05, 4.69) is 0 Å². The Labute approximate surface area is 70.6 Å². The summed E-state index contributed by atoms with van der Waals surface area (Å²) in [5.41, 5.74) is 0. The molecule has 5 heteroatoms. The third-order valence-electron chi connectivity index (χ3n) is 0.824. The summed E-state index contributed by atoms with van der Waals surface area (Å²) >= 11 is 0. The first-order valence-electron chi connectivity index (χ1n) is 3.50. The van der Waals surface area contributed by atoms with Gasteiger partial charge < -0.3 is 15.3 Å². The van der Waals surface area contributed by atoms with Gasteiger partial charge in [-0.05, 0) is 6.92 Å². The fourth-order valence-electron chi connectivity index (χ4n) is 0.151. The van der Waals surface area contributed by atoms with E-state index in [1.165, 1.54) is 13.8 Å². The van der Waals surface area contributed by atoms with Gasteiger partial charge in [0.2, 0.25) is 5.78 Å². The average molecular weight is 178 g/mol. The third-order valence-corrected chi connectivity index (χ3v) is 0.824. The van der Waals surface area contributed by atoms with Crippen molar-refractivity contribution >= 4 is 11.8 Å². The van der Waals surface area contributed by atoms with E-state index in [4.69, 9.17) is 15.3 Å². The van der Waals surface area contributed by atoms with Gasteiger partial charge >= 0.3 is 5.97 Å². The number of hydrogen-bond acceptors (Lipinski definition) is 4. The molecule has 1 unspecified atom stereocenters. The van der Waals surface area contributed by atoms with Crippen molar-refractivity contribution in [3.63, 3.8) is 0 Å². The van der Waals surface area contributed by atoms with Crippen LogP contribution in [0.4, 0.5) is 0 Å². The fraction of sp³-hybridized carbons (Fsp3) is 0.714. The van der Waals surface area contributed by atoms with Gasteiger partial charge in [0, 0.05) is 6.42 Å². The lowest BCUT2D eigenvalue weighted by molar-refractivity contribution is -0.148. The highest BCUT2D eigenvalue weighted by atomic mass is 16.4. The summed E-state index contributed by atoms with van der Waals surface area (Å²) in [6.07, 6.45) is -0.481. The van der Waals surface area contributed by atoms with Crippen molar-refractivity contribution in [1.82, 2.24) is 0 Å². The summed E-state index contributed by atoms with van der Waals surface area (Å²) in [6.45, 7) is 2.90. The molecule has 0 spiro atoms. The summed E-state index contributed by atoms with van der Waals surface area (Å²) in [5.74, 6) is -2.08. The Balaban J connectivity index is 0. The molecule has 0 aromatic carbocycles. The quantitative estimate of drug-likeness (QED) is 0.502. The minimum atomic E-state index is -1.34. The Kier molecular flexibility index (Phi) is 9.27. The first-order chi connectivity index (χ1) is 5.45. The number of carboxylic acids is 1. The minimum Gasteiger partial charge on any atom is -0.476 e. The summed E-state index contributed by atoms with van der Waals surface area (Å²) in [4.78, 5) is 19.5. The molecule has 0 fully saturated rings. The van der Waals surface area contributed by atoms with Crippen LogP contribution in [0.15, 0.2) is 0 Å². The summed E-state index contributed by atoms with van der Waals surface area (Å²) in [5, 5.41) is 23.8. The molecule has 0 radical (unpaired) electrons. The molecule has 0 aliphatic carbocycles. The van der Waals surface area contributed by atoms with Gasteiger partial charge in [0.05, 0.1) is 12.7 Å². The summed E-state index contributed by atoms with van der Waals surface area (Å²) in [7, 11) is 0. The van der Waals surface area contributed by atoms with E-state index in [-0.39, 0.29) is 13.0 Å². The van der Waals surface area contributed by atoms with E-state index >= 15 is 0 Å². The molecule has 1 atom stereocenters. The van der Waals surface area contributed by atoms with Crippen molar-refractivity contribution in [1.29, 1.82) is 0 Å². The molecule has 12 heavy (non-hydrogen) atoms. The Morgan fingerprint density at radius 3 is 1.75 bits per heavy atom. The minimum absolute atomic E-state index is 0.0787. The van der Waals surface area contributed by atoms with E-state index in [1.54, 1.807) is 0 Å². The normalized spacial score (nSPS) is 11.0. The molecule has 0 heterocycles. The maximum Gasteiger partial charge on any atom is 0.372 e. The van der Waals surface area contributed by atoms with Crippen LogP contribution in [0.5, 0.6) is 0 Å². The zero-order valence-corrected chi connectivity index (χ0v) is 7.15. The molecule has 0 saturated heterocycles. The molecule has 0 aromatic heterocycles. The first kappa shape index (κ1) is 13.6. The SMILES string of the molecule is CC(O)CO.CCC(=O)C(=O)O. The molecule has 0 saturated carbocycles. The largest absolute Gasteiger partial charge is 0.476 e. The van der Waals surface area contributed by atoms with Crippen LogP contribution in [0, 0.1) is 0 Å². The van der Waals surface area contributed by atoms with Crippen LogP contribution < -0.4 is 0 Å². The van der Waals surface area contributed by atoms with Crippen LogP contribution in [0.2, 0.25) is 0 Å². The van der Waals surface area contributed by atoms with Crippen molar-refractivity contribution in [3.8, 4) is 0 Å². The Bertz CT molecular complexity index is 141. The molecule has 0 aromatic rings. The highest BCUT2D eigenvalue weighted by Gasteiger charge is 2.05. The number of carbonyl (C=O) groups is 2. The van der Waals surface area contributed by atoms with Crippen LogP contribution in [0.1, 0.15) is 20.3 Å². The number of aliphatic carboxylic acids is 1. The van der Waals surface area contributed by atoms with Gasteiger partial charge in [-0.25, -0.2) is 4.79 Å². The second-order valence-electron chi connectivity index (χ2n) is 2.11. The van der Waals surface area contributed by atoms with Crippen molar-refractivity contribution < 1.29 is 24.9 Å². The summed E-state index contributed by atoms with van der Waals surface area (Å²) in [6, 6.07) is 0. The van der Waals surface area contributed by atoms with Crippen molar-refractivity contribution in [3.05, 3.63) is 0 Å². The fourth-order valence-corrected chi connectivity index (χ4v) is 0.151. The predicted molar refractivity (Wildman–Crippen MR) is 41.7 cm³/mol. The Morgan fingerprint density at radius 1 is 1.42 bits per heavy atom. The van der Waals surface area contributed by atoms with Gasteiger partial charge in [0.25, 0.3) is 0 Å². The van der Waals surface area contributed by atoms with Gasteiger partial charge in [0.1, 0.15) is 0 Å². The maximum absolute atomic E-state index is 9.91.